The van der Waals surface area contributed by atoms with Gasteiger partial charge in [-0.1, -0.05) is 35.9 Å². The molecule has 31 heavy (non-hydrogen) atoms. The van der Waals surface area contributed by atoms with E-state index in [1.54, 1.807) is 18.3 Å². The topological polar surface area (TPSA) is 101 Å². The van der Waals surface area contributed by atoms with E-state index >= 15 is 0 Å². The summed E-state index contributed by atoms with van der Waals surface area (Å²) in [4.78, 5) is 16.1. The number of benzene rings is 2. The van der Waals surface area contributed by atoms with Gasteiger partial charge in [-0.2, -0.15) is 0 Å². The first-order valence-corrected chi connectivity index (χ1v) is 11.7. The molecule has 0 bridgehead atoms. The Kier molecular flexibility index (Phi) is 6.10. The second kappa shape index (κ2) is 8.80. The number of nitrogens with two attached hydrogens (primary N) is 1. The fourth-order valence-corrected chi connectivity index (χ4v) is 5.35. The van der Waals surface area contributed by atoms with Crippen LogP contribution in [0.2, 0.25) is 0 Å². The Balaban J connectivity index is 1.58. The number of hydrazine groups is 1. The number of para-hydroxylation sites is 1. The Hall–Kier alpha value is -2.72. The van der Waals surface area contributed by atoms with Crippen LogP contribution in [0.5, 0.6) is 0 Å². The molecule has 1 aliphatic heterocycles. The lowest BCUT2D eigenvalue weighted by Crippen LogP contribution is -2.49. The molecule has 2 heterocycles. The van der Waals surface area contributed by atoms with E-state index < -0.39 is 10.0 Å². The lowest BCUT2D eigenvalue weighted by Gasteiger charge is -2.34. The zero-order chi connectivity index (χ0) is 22.0. The maximum Gasteiger partial charge on any atom is 0.268 e. The number of fused-ring (bicyclic) bond motifs is 1. The van der Waals surface area contributed by atoms with Crippen molar-refractivity contribution in [2.24, 2.45) is 5.84 Å². The summed E-state index contributed by atoms with van der Waals surface area (Å²) in [5.41, 5.74) is 4.83. The summed E-state index contributed by atoms with van der Waals surface area (Å²) >= 11 is 0. The molecule has 1 aliphatic rings. The highest BCUT2D eigenvalue weighted by atomic mass is 32.2. The molecule has 3 N–H and O–H groups in total. The van der Waals surface area contributed by atoms with Gasteiger partial charge in [-0.05, 0) is 30.7 Å². The summed E-state index contributed by atoms with van der Waals surface area (Å²) in [6, 6.07) is 14.5. The average molecular weight is 442 g/mol. The van der Waals surface area contributed by atoms with Crippen LogP contribution in [0.1, 0.15) is 11.1 Å². The minimum absolute atomic E-state index is 0.196. The molecule has 2 aromatic carbocycles. The molecule has 0 spiro atoms. The van der Waals surface area contributed by atoms with Gasteiger partial charge >= 0.3 is 0 Å². The monoisotopic (exact) mass is 441 g/mol. The van der Waals surface area contributed by atoms with Gasteiger partial charge in [0.1, 0.15) is 0 Å². The van der Waals surface area contributed by atoms with Crippen LogP contribution in [0.15, 0.2) is 59.6 Å². The molecular weight excluding hydrogens is 414 g/mol. The van der Waals surface area contributed by atoms with Crippen molar-refractivity contribution in [3.8, 4) is 0 Å². The number of piperazine rings is 1. The third-order valence-electron chi connectivity index (χ3n) is 5.73. The molecule has 9 heteroatoms. The number of aryl methyl sites for hydroxylation is 1. The largest absolute Gasteiger partial charge is 0.296 e. The quantitative estimate of drug-likeness (QED) is 0.340. The normalized spacial score (nSPS) is 15.9. The minimum Gasteiger partial charge on any atom is -0.296 e. The molecule has 0 atom stereocenters. The van der Waals surface area contributed by atoms with Gasteiger partial charge in [-0.3, -0.25) is 20.0 Å². The van der Waals surface area contributed by atoms with Crippen LogP contribution >= 0.6 is 0 Å². The maximum absolute atomic E-state index is 13.3. The van der Waals surface area contributed by atoms with E-state index in [0.717, 1.165) is 42.7 Å². The molecule has 0 unspecified atom stereocenters. The third kappa shape index (κ3) is 4.49. The van der Waals surface area contributed by atoms with E-state index in [-0.39, 0.29) is 10.8 Å². The average Bonchev–Trinajstić information content (AvgIpc) is 3.14. The second-order valence-electron chi connectivity index (χ2n) is 7.91. The molecule has 8 nitrogen and oxygen atoms in total. The maximum atomic E-state index is 13.3. The Labute approximate surface area is 182 Å². The van der Waals surface area contributed by atoms with Gasteiger partial charge in [0, 0.05) is 44.3 Å². The molecule has 1 amide bonds. The number of hydrogen-bond donors (Lipinski definition) is 2. The van der Waals surface area contributed by atoms with Gasteiger partial charge in [-0.15, -0.1) is 0 Å². The fraction of sp³-hybridized carbons (Fsp3) is 0.318. The van der Waals surface area contributed by atoms with Gasteiger partial charge in [-0.25, -0.2) is 18.2 Å². The first-order chi connectivity index (χ1) is 14.9. The van der Waals surface area contributed by atoms with Crippen molar-refractivity contribution in [3.63, 3.8) is 0 Å². The fourth-order valence-electron chi connectivity index (χ4n) is 3.96. The predicted octanol–water partition coefficient (Wildman–Crippen LogP) is 1.29. The molecule has 4 rings (SSSR count). The summed E-state index contributed by atoms with van der Waals surface area (Å²) in [7, 11) is -3.69. The number of carbonyl (C=O) groups excluding carboxylic acids is 1. The van der Waals surface area contributed by atoms with Gasteiger partial charge in [0.15, 0.2) is 0 Å². The highest BCUT2D eigenvalue weighted by Gasteiger charge is 2.23. The molecule has 1 aromatic heterocycles. The Morgan fingerprint density at radius 3 is 2.32 bits per heavy atom. The number of aromatic nitrogens is 1. The van der Waals surface area contributed by atoms with Crippen LogP contribution in [0.3, 0.4) is 0 Å². The summed E-state index contributed by atoms with van der Waals surface area (Å²) in [5.74, 6) is 4.97. The molecule has 0 radical (unpaired) electrons. The summed E-state index contributed by atoms with van der Waals surface area (Å²) in [5, 5.41) is 0.933. The van der Waals surface area contributed by atoms with Gasteiger partial charge in [0.05, 0.1) is 17.0 Å². The van der Waals surface area contributed by atoms with E-state index in [9.17, 15) is 13.2 Å². The highest BCUT2D eigenvalue weighted by molar-refractivity contribution is 7.90. The molecule has 0 saturated carbocycles. The van der Waals surface area contributed by atoms with Crippen LogP contribution in [0, 0.1) is 6.92 Å². The SMILES string of the molecule is Cc1ccc(S(=O)(=O)n2cc(CN3CCN(CC(=O)NN)CC3)c3ccccc32)cc1. The zero-order valence-corrected chi connectivity index (χ0v) is 18.3. The lowest BCUT2D eigenvalue weighted by atomic mass is 10.1. The molecule has 3 aromatic rings. The van der Waals surface area contributed by atoms with Crippen LogP contribution in [0.4, 0.5) is 0 Å². The van der Waals surface area contributed by atoms with Crippen molar-refractivity contribution in [2.45, 2.75) is 18.4 Å². The summed E-state index contributed by atoms with van der Waals surface area (Å²) in [6.07, 6.45) is 1.74. The molecule has 1 saturated heterocycles. The number of rotatable bonds is 6. The van der Waals surface area contributed by atoms with E-state index in [2.05, 4.69) is 15.2 Å². The molecule has 1 fully saturated rings. The van der Waals surface area contributed by atoms with Crippen molar-refractivity contribution in [2.75, 3.05) is 32.7 Å². The van der Waals surface area contributed by atoms with Crippen molar-refractivity contribution in [3.05, 3.63) is 65.9 Å². The van der Waals surface area contributed by atoms with Gasteiger partial charge in [0.2, 0.25) is 5.91 Å². The van der Waals surface area contributed by atoms with Crippen LogP contribution < -0.4 is 11.3 Å². The van der Waals surface area contributed by atoms with Crippen molar-refractivity contribution in [1.82, 2.24) is 19.2 Å². The molecule has 0 aliphatic carbocycles. The Bertz CT molecular complexity index is 1180. The van der Waals surface area contributed by atoms with Gasteiger partial charge < -0.3 is 0 Å². The van der Waals surface area contributed by atoms with Crippen LogP contribution in [0.25, 0.3) is 10.9 Å². The van der Waals surface area contributed by atoms with Gasteiger partial charge in [0.25, 0.3) is 10.0 Å². The zero-order valence-electron chi connectivity index (χ0n) is 17.5. The van der Waals surface area contributed by atoms with E-state index in [1.807, 2.05) is 43.3 Å². The molecular formula is C22H27N5O3S. The van der Waals surface area contributed by atoms with E-state index in [4.69, 9.17) is 5.84 Å². The smallest absolute Gasteiger partial charge is 0.268 e. The number of nitrogens with one attached hydrogen (secondary N) is 1. The van der Waals surface area contributed by atoms with Crippen LogP contribution in [-0.2, 0) is 21.4 Å². The Morgan fingerprint density at radius 1 is 1.00 bits per heavy atom. The van der Waals surface area contributed by atoms with Crippen LogP contribution in [-0.4, -0.2) is 60.8 Å². The second-order valence-corrected chi connectivity index (χ2v) is 9.72. The number of carbonyl (C=O) groups is 1. The number of amides is 1. The summed E-state index contributed by atoms with van der Waals surface area (Å²) in [6.45, 7) is 5.97. The van der Waals surface area contributed by atoms with Crippen molar-refractivity contribution < 1.29 is 13.2 Å². The molecule has 164 valence electrons. The summed E-state index contributed by atoms with van der Waals surface area (Å²) < 4.78 is 28.1. The minimum atomic E-state index is -3.69. The van der Waals surface area contributed by atoms with Crippen molar-refractivity contribution in [1.29, 1.82) is 0 Å². The number of nitrogens with zero attached hydrogens (tertiary/aromatic N) is 3. The van der Waals surface area contributed by atoms with E-state index in [0.29, 0.717) is 18.6 Å². The first kappa shape index (κ1) is 21.5. The van der Waals surface area contributed by atoms with Crippen molar-refractivity contribution >= 4 is 26.8 Å². The number of hydrogen-bond acceptors (Lipinski definition) is 6. The lowest BCUT2D eigenvalue weighted by molar-refractivity contribution is -0.122. The first-order valence-electron chi connectivity index (χ1n) is 10.2. The predicted molar refractivity (Wildman–Crippen MR) is 120 cm³/mol. The Morgan fingerprint density at radius 2 is 1.65 bits per heavy atom. The van der Waals surface area contributed by atoms with E-state index in [1.165, 1.54) is 3.97 Å². The standard InChI is InChI=1S/C22H27N5O3S/c1-17-6-8-19(9-7-17)31(29,30)27-15-18(20-4-2-3-5-21(20)27)14-25-10-12-26(13-11-25)16-22(28)24-23/h2-9,15H,10-14,16,23H2,1H3,(H,24,28). The highest BCUT2D eigenvalue weighted by Crippen LogP contribution is 2.27. The third-order valence-corrected chi connectivity index (χ3v) is 7.41.